The quantitative estimate of drug-likeness (QED) is 0.530. The normalized spacial score (nSPS) is 15.7. The summed E-state index contributed by atoms with van der Waals surface area (Å²) in [7, 11) is 0. The number of hydrogen-bond donors (Lipinski definition) is 0. The van der Waals surface area contributed by atoms with Gasteiger partial charge in [0.15, 0.2) is 0 Å². The molecular formula is C29H31N3O2. The maximum atomic E-state index is 12.0. The fraction of sp³-hybridized carbons (Fsp3) is 0.310. The number of piperazine rings is 1. The van der Waals surface area contributed by atoms with Crippen molar-refractivity contribution >= 4 is 17.5 Å². The van der Waals surface area contributed by atoms with E-state index in [1.807, 2.05) is 19.1 Å². The molecule has 0 saturated carbocycles. The third-order valence-electron chi connectivity index (χ3n) is 6.68. The first-order valence-corrected chi connectivity index (χ1v) is 12.2. The molecule has 0 atom stereocenters. The molecule has 0 aromatic heterocycles. The smallest absolute Gasteiger partial charge is 0.310 e. The first-order valence-electron chi connectivity index (χ1n) is 12.2. The molecule has 2 heterocycles. The molecule has 0 amide bonds. The van der Waals surface area contributed by atoms with E-state index in [1.165, 1.54) is 22.3 Å². The summed E-state index contributed by atoms with van der Waals surface area (Å²) in [6, 6.07) is 25.4. The van der Waals surface area contributed by atoms with Crippen molar-refractivity contribution in [3.05, 3.63) is 101 Å². The molecule has 1 fully saturated rings. The van der Waals surface area contributed by atoms with Crippen LogP contribution in [-0.2, 0) is 28.9 Å². The van der Waals surface area contributed by atoms with Crippen LogP contribution in [0.15, 0.2) is 77.8 Å². The van der Waals surface area contributed by atoms with Crippen molar-refractivity contribution < 1.29 is 9.53 Å². The van der Waals surface area contributed by atoms with Gasteiger partial charge in [0.2, 0.25) is 0 Å². The second-order valence-electron chi connectivity index (χ2n) is 8.91. The van der Waals surface area contributed by atoms with Gasteiger partial charge in [-0.3, -0.25) is 9.69 Å². The van der Waals surface area contributed by atoms with Gasteiger partial charge in [-0.15, -0.1) is 0 Å². The number of nitrogens with zero attached hydrogens (tertiary/aromatic N) is 3. The van der Waals surface area contributed by atoms with Crippen molar-refractivity contribution in [2.45, 2.75) is 26.3 Å². The van der Waals surface area contributed by atoms with Crippen LogP contribution in [0.2, 0.25) is 0 Å². The Labute approximate surface area is 201 Å². The van der Waals surface area contributed by atoms with Gasteiger partial charge in [0, 0.05) is 44.7 Å². The maximum absolute atomic E-state index is 12.0. The summed E-state index contributed by atoms with van der Waals surface area (Å²) in [6.45, 7) is 6.87. The first kappa shape index (κ1) is 22.4. The Morgan fingerprint density at radius 2 is 1.53 bits per heavy atom. The number of carbonyl (C=O) groups is 1. The van der Waals surface area contributed by atoms with E-state index in [1.54, 1.807) is 0 Å². The van der Waals surface area contributed by atoms with Crippen LogP contribution in [0.25, 0.3) is 0 Å². The van der Waals surface area contributed by atoms with Gasteiger partial charge in [0.25, 0.3) is 0 Å². The third-order valence-corrected chi connectivity index (χ3v) is 6.68. The Morgan fingerprint density at radius 3 is 2.32 bits per heavy atom. The fourth-order valence-electron chi connectivity index (χ4n) is 4.89. The van der Waals surface area contributed by atoms with E-state index in [0.717, 1.165) is 56.2 Å². The van der Waals surface area contributed by atoms with E-state index in [0.29, 0.717) is 13.0 Å². The topological polar surface area (TPSA) is 45.1 Å². The minimum Gasteiger partial charge on any atom is -0.466 e. The number of carbonyl (C=O) groups excluding carboxylic acids is 1. The molecule has 34 heavy (non-hydrogen) atoms. The predicted molar refractivity (Wildman–Crippen MR) is 136 cm³/mol. The van der Waals surface area contributed by atoms with Crippen molar-refractivity contribution in [2.24, 2.45) is 4.99 Å². The number of ether oxygens (including phenoxy) is 1. The molecule has 0 spiro atoms. The highest BCUT2D eigenvalue weighted by Gasteiger charge is 2.25. The molecule has 174 valence electrons. The molecule has 1 saturated heterocycles. The van der Waals surface area contributed by atoms with Crippen molar-refractivity contribution in [1.29, 1.82) is 0 Å². The summed E-state index contributed by atoms with van der Waals surface area (Å²) < 4.78 is 5.16. The highest BCUT2D eigenvalue weighted by molar-refractivity contribution is 6.02. The third kappa shape index (κ3) is 4.90. The predicted octanol–water partition coefficient (Wildman–Crippen LogP) is 4.59. The van der Waals surface area contributed by atoms with E-state index in [2.05, 4.69) is 70.5 Å². The lowest BCUT2D eigenvalue weighted by Gasteiger charge is -2.37. The largest absolute Gasteiger partial charge is 0.466 e. The molecule has 5 nitrogen and oxygen atoms in total. The molecule has 3 aromatic rings. The van der Waals surface area contributed by atoms with Crippen LogP contribution in [0.3, 0.4) is 0 Å². The highest BCUT2D eigenvalue weighted by Crippen LogP contribution is 2.30. The van der Waals surface area contributed by atoms with Crippen LogP contribution in [0.5, 0.6) is 0 Å². The zero-order valence-corrected chi connectivity index (χ0v) is 19.7. The summed E-state index contributed by atoms with van der Waals surface area (Å²) in [4.78, 5) is 22.1. The summed E-state index contributed by atoms with van der Waals surface area (Å²) in [6.07, 6.45) is 1.24. The molecule has 0 bridgehead atoms. The molecule has 2 aliphatic heterocycles. The van der Waals surface area contributed by atoms with E-state index >= 15 is 0 Å². The Morgan fingerprint density at radius 1 is 0.853 bits per heavy atom. The van der Waals surface area contributed by atoms with Crippen molar-refractivity contribution in [3.63, 3.8) is 0 Å². The standard InChI is InChI=1S/C29H31N3O2/c1-2-34-28(33)20-22-9-3-4-12-25(22)21-31-15-17-32(18-16-31)29-26-13-7-5-10-23(26)19-24-11-6-8-14-27(24)30-29/h3-14H,2,15-21H2,1H3. The van der Waals surface area contributed by atoms with E-state index in [-0.39, 0.29) is 5.97 Å². The number of fused-ring (bicyclic) bond motifs is 2. The molecule has 0 unspecified atom stereocenters. The lowest BCUT2D eigenvalue weighted by atomic mass is 9.99. The van der Waals surface area contributed by atoms with Crippen LogP contribution in [0, 0.1) is 0 Å². The zero-order valence-electron chi connectivity index (χ0n) is 19.7. The minimum absolute atomic E-state index is 0.162. The molecule has 0 N–H and O–H groups in total. The first-order chi connectivity index (χ1) is 16.7. The van der Waals surface area contributed by atoms with Gasteiger partial charge >= 0.3 is 5.97 Å². The van der Waals surface area contributed by atoms with Gasteiger partial charge in [-0.05, 0) is 35.2 Å². The van der Waals surface area contributed by atoms with Gasteiger partial charge in [0.1, 0.15) is 5.84 Å². The van der Waals surface area contributed by atoms with Crippen LogP contribution in [0.4, 0.5) is 5.69 Å². The summed E-state index contributed by atoms with van der Waals surface area (Å²) >= 11 is 0. The van der Waals surface area contributed by atoms with Crippen LogP contribution in [0.1, 0.15) is 34.7 Å². The summed E-state index contributed by atoms with van der Waals surface area (Å²) in [5.74, 6) is 0.924. The van der Waals surface area contributed by atoms with Gasteiger partial charge in [0.05, 0.1) is 18.7 Å². The molecular weight excluding hydrogens is 422 g/mol. The lowest BCUT2D eigenvalue weighted by molar-refractivity contribution is -0.142. The second kappa shape index (κ2) is 10.2. The average Bonchev–Trinajstić information content (AvgIpc) is 3.03. The van der Waals surface area contributed by atoms with Crippen LogP contribution in [-0.4, -0.2) is 54.4 Å². The van der Waals surface area contributed by atoms with Gasteiger partial charge in [-0.1, -0.05) is 66.7 Å². The zero-order chi connectivity index (χ0) is 23.3. The highest BCUT2D eigenvalue weighted by atomic mass is 16.5. The average molecular weight is 454 g/mol. The summed E-state index contributed by atoms with van der Waals surface area (Å²) in [5, 5.41) is 0. The lowest BCUT2D eigenvalue weighted by Crippen LogP contribution is -2.48. The number of hydrogen-bond acceptors (Lipinski definition) is 5. The Kier molecular flexibility index (Phi) is 6.72. The van der Waals surface area contributed by atoms with Crippen molar-refractivity contribution in [3.8, 4) is 0 Å². The minimum atomic E-state index is -0.162. The molecule has 2 aliphatic rings. The Hall–Kier alpha value is -3.44. The van der Waals surface area contributed by atoms with Crippen LogP contribution >= 0.6 is 0 Å². The van der Waals surface area contributed by atoms with E-state index in [9.17, 15) is 4.79 Å². The molecule has 5 heteroatoms. The number of esters is 1. The molecule has 3 aromatic carbocycles. The molecule has 0 aliphatic carbocycles. The van der Waals surface area contributed by atoms with Crippen molar-refractivity contribution in [1.82, 2.24) is 9.80 Å². The second-order valence-corrected chi connectivity index (χ2v) is 8.91. The fourth-order valence-corrected chi connectivity index (χ4v) is 4.89. The SMILES string of the molecule is CCOC(=O)Cc1ccccc1CN1CCN(C2=Nc3ccccc3Cc3ccccc32)CC1. The van der Waals surface area contributed by atoms with E-state index < -0.39 is 0 Å². The van der Waals surface area contributed by atoms with Gasteiger partial charge < -0.3 is 9.64 Å². The monoisotopic (exact) mass is 453 g/mol. The number of amidine groups is 1. The molecule has 5 rings (SSSR count). The molecule has 0 radical (unpaired) electrons. The number of benzene rings is 3. The van der Waals surface area contributed by atoms with Gasteiger partial charge in [-0.2, -0.15) is 0 Å². The Balaban J connectivity index is 1.31. The van der Waals surface area contributed by atoms with Crippen LogP contribution < -0.4 is 0 Å². The van der Waals surface area contributed by atoms with E-state index in [4.69, 9.17) is 9.73 Å². The summed E-state index contributed by atoms with van der Waals surface area (Å²) in [5.41, 5.74) is 7.19. The number of aliphatic imine (C=N–C) groups is 1. The number of para-hydroxylation sites is 1. The Bertz CT molecular complexity index is 1200. The van der Waals surface area contributed by atoms with Crippen molar-refractivity contribution in [2.75, 3.05) is 32.8 Å². The van der Waals surface area contributed by atoms with Gasteiger partial charge in [-0.25, -0.2) is 4.99 Å². The maximum Gasteiger partial charge on any atom is 0.310 e. The number of rotatable bonds is 5.